The highest BCUT2D eigenvalue weighted by Gasteiger charge is 2.24. The normalized spacial score (nSPS) is 10.7. The van der Waals surface area contributed by atoms with Crippen LogP contribution in [0.3, 0.4) is 0 Å². The van der Waals surface area contributed by atoms with Crippen LogP contribution in [-0.4, -0.2) is 33.8 Å². The lowest BCUT2D eigenvalue weighted by Crippen LogP contribution is -2.07. The second-order valence-corrected chi connectivity index (χ2v) is 7.10. The molecule has 2 aromatic heterocycles. The summed E-state index contributed by atoms with van der Waals surface area (Å²) in [5.74, 6) is 0.116. The van der Waals surface area contributed by atoms with Crippen molar-refractivity contribution in [3.63, 3.8) is 0 Å². The fourth-order valence-electron chi connectivity index (χ4n) is 2.75. The maximum Gasteiger partial charge on any atom is 0.308 e. The molecule has 140 valence electrons. The van der Waals surface area contributed by atoms with E-state index in [1.54, 1.807) is 12.3 Å². The van der Waals surface area contributed by atoms with Gasteiger partial charge < -0.3 is 9.47 Å². The maximum atomic E-state index is 11.9. The maximum absolute atomic E-state index is 11.9. The van der Waals surface area contributed by atoms with Crippen LogP contribution >= 0.6 is 11.3 Å². The van der Waals surface area contributed by atoms with Crippen LogP contribution in [0.4, 0.5) is 0 Å². The minimum Gasteiger partial charge on any atom is -0.496 e. The Morgan fingerprint density at radius 3 is 2.41 bits per heavy atom. The lowest BCUT2D eigenvalue weighted by molar-refractivity contribution is -0.131. The summed E-state index contributed by atoms with van der Waals surface area (Å²) in [4.78, 5) is 28.1. The minimum atomic E-state index is -0.457. The molecule has 1 aromatic carbocycles. The van der Waals surface area contributed by atoms with Crippen molar-refractivity contribution in [1.82, 2.24) is 14.8 Å². The molecule has 0 amide bonds. The predicted octanol–water partition coefficient (Wildman–Crippen LogP) is 3.88. The van der Waals surface area contributed by atoms with E-state index in [-0.39, 0.29) is 5.91 Å². The lowest BCUT2D eigenvalue weighted by atomic mass is 10.0. The molecule has 0 saturated carbocycles. The van der Waals surface area contributed by atoms with Crippen LogP contribution in [0.15, 0.2) is 23.7 Å². The second kappa shape index (κ2) is 7.32. The molecule has 0 atom stereocenters. The van der Waals surface area contributed by atoms with Crippen molar-refractivity contribution in [3.8, 4) is 34.0 Å². The number of hydrogen-bond donors (Lipinski definition) is 0. The van der Waals surface area contributed by atoms with Gasteiger partial charge in [-0.05, 0) is 31.5 Å². The Labute approximate surface area is 160 Å². The number of thiazole rings is 1. The van der Waals surface area contributed by atoms with E-state index >= 15 is 0 Å². The van der Waals surface area contributed by atoms with Crippen molar-refractivity contribution < 1.29 is 19.1 Å². The summed E-state index contributed by atoms with van der Waals surface area (Å²) in [6.07, 6.45) is 1.63. The van der Waals surface area contributed by atoms with Gasteiger partial charge in [0.25, 0.3) is 0 Å². The van der Waals surface area contributed by atoms with Gasteiger partial charge in [0.05, 0.1) is 23.4 Å². The molecule has 0 saturated heterocycles. The van der Waals surface area contributed by atoms with Crippen LogP contribution in [-0.2, 0) is 4.79 Å². The van der Waals surface area contributed by atoms with Gasteiger partial charge in [-0.1, -0.05) is 0 Å². The molecule has 0 fully saturated rings. The van der Waals surface area contributed by atoms with Gasteiger partial charge in [-0.15, -0.1) is 11.3 Å². The molecule has 0 N–H and O–H groups in total. The average Bonchev–Trinajstić information content (AvgIpc) is 3.20. The lowest BCUT2D eigenvalue weighted by Gasteiger charge is -2.14. The Bertz CT molecular complexity index is 1040. The molecular weight excluding hydrogens is 366 g/mol. The van der Waals surface area contributed by atoms with Crippen molar-refractivity contribution in [2.75, 3.05) is 7.11 Å². The Kier molecular flexibility index (Phi) is 5.09. The summed E-state index contributed by atoms with van der Waals surface area (Å²) < 4.78 is 12.2. The Morgan fingerprint density at radius 1 is 1.15 bits per heavy atom. The molecule has 0 aliphatic carbocycles. The van der Waals surface area contributed by atoms with Gasteiger partial charge in [0.2, 0.25) is 5.91 Å². The Morgan fingerprint density at radius 2 is 1.85 bits per heavy atom. The first-order chi connectivity index (χ1) is 12.8. The summed E-state index contributed by atoms with van der Waals surface area (Å²) in [7, 11) is 1.53. The van der Waals surface area contributed by atoms with Crippen molar-refractivity contribution >= 4 is 23.2 Å². The summed E-state index contributed by atoms with van der Waals surface area (Å²) in [6.45, 7) is 6.53. The van der Waals surface area contributed by atoms with Crippen LogP contribution in [0.2, 0.25) is 0 Å². The van der Waals surface area contributed by atoms with Crippen molar-refractivity contribution in [3.05, 3.63) is 34.3 Å². The van der Waals surface area contributed by atoms with Crippen molar-refractivity contribution in [1.29, 1.82) is 0 Å². The van der Waals surface area contributed by atoms with Crippen LogP contribution in [0.5, 0.6) is 11.5 Å². The van der Waals surface area contributed by atoms with Gasteiger partial charge in [0.15, 0.2) is 0 Å². The molecule has 7 nitrogen and oxygen atoms in total. The summed E-state index contributed by atoms with van der Waals surface area (Å²) in [5.41, 5.74) is 3.17. The third kappa shape index (κ3) is 3.75. The van der Waals surface area contributed by atoms with E-state index in [1.165, 1.54) is 37.0 Å². The standard InChI is InChI=1S/C19H19N3O4S/c1-10-6-16(25-5)18(17(7-10)26-13(4)24)19-14(8-22(21-19)12(3)23)15-9-27-11(2)20-15/h6-9H,1-5H3. The van der Waals surface area contributed by atoms with Crippen LogP contribution in [0.1, 0.15) is 29.2 Å². The Balaban J connectivity index is 2.33. The number of hydrogen-bond acceptors (Lipinski definition) is 7. The highest BCUT2D eigenvalue weighted by atomic mass is 32.1. The largest absolute Gasteiger partial charge is 0.496 e. The van der Waals surface area contributed by atoms with Crippen LogP contribution in [0.25, 0.3) is 22.5 Å². The van der Waals surface area contributed by atoms with Gasteiger partial charge in [0, 0.05) is 31.0 Å². The molecule has 3 rings (SSSR count). The quantitative estimate of drug-likeness (QED) is 0.501. The van der Waals surface area contributed by atoms with E-state index in [9.17, 15) is 9.59 Å². The van der Waals surface area contributed by atoms with Crippen LogP contribution in [0, 0.1) is 13.8 Å². The third-order valence-electron chi connectivity index (χ3n) is 3.85. The average molecular weight is 385 g/mol. The summed E-state index contributed by atoms with van der Waals surface area (Å²) >= 11 is 1.50. The first-order valence-electron chi connectivity index (χ1n) is 8.20. The molecule has 0 spiro atoms. The molecule has 0 aliphatic rings. The van der Waals surface area contributed by atoms with Crippen LogP contribution < -0.4 is 9.47 Å². The number of esters is 1. The molecule has 8 heteroatoms. The topological polar surface area (TPSA) is 83.3 Å². The third-order valence-corrected chi connectivity index (χ3v) is 4.63. The number of aromatic nitrogens is 3. The smallest absolute Gasteiger partial charge is 0.308 e. The zero-order valence-electron chi connectivity index (χ0n) is 15.7. The van der Waals surface area contributed by atoms with E-state index in [0.29, 0.717) is 34.0 Å². The first kappa shape index (κ1) is 18.8. The van der Waals surface area contributed by atoms with E-state index in [1.807, 2.05) is 25.3 Å². The molecule has 0 aliphatic heterocycles. The molecule has 3 aromatic rings. The van der Waals surface area contributed by atoms with Gasteiger partial charge in [0.1, 0.15) is 17.2 Å². The number of benzene rings is 1. The Hall–Kier alpha value is -3.00. The van der Waals surface area contributed by atoms with E-state index in [4.69, 9.17) is 9.47 Å². The SMILES string of the molecule is COc1cc(C)cc(OC(C)=O)c1-c1nn(C(C)=O)cc1-c1csc(C)n1. The molecular formula is C19H19N3O4S. The number of aryl methyl sites for hydroxylation is 2. The first-order valence-corrected chi connectivity index (χ1v) is 9.08. The summed E-state index contributed by atoms with van der Waals surface area (Å²) in [6, 6.07) is 3.56. The second-order valence-electron chi connectivity index (χ2n) is 6.04. The molecule has 27 heavy (non-hydrogen) atoms. The minimum absolute atomic E-state index is 0.241. The number of carbonyl (C=O) groups excluding carboxylic acids is 2. The number of ether oxygens (including phenoxy) is 2. The predicted molar refractivity (Wildman–Crippen MR) is 102 cm³/mol. The summed E-state index contributed by atoms with van der Waals surface area (Å²) in [5, 5.41) is 7.22. The molecule has 0 unspecified atom stereocenters. The van der Waals surface area contributed by atoms with E-state index in [2.05, 4.69) is 10.1 Å². The number of nitrogens with zero attached hydrogens (tertiary/aromatic N) is 3. The van der Waals surface area contributed by atoms with Crippen molar-refractivity contribution in [2.24, 2.45) is 0 Å². The highest BCUT2D eigenvalue weighted by Crippen LogP contribution is 2.43. The number of carbonyl (C=O) groups is 2. The van der Waals surface area contributed by atoms with Gasteiger partial charge in [-0.2, -0.15) is 5.10 Å². The van der Waals surface area contributed by atoms with E-state index in [0.717, 1.165) is 10.6 Å². The number of methoxy groups -OCH3 is 1. The van der Waals surface area contributed by atoms with Crippen molar-refractivity contribution in [2.45, 2.75) is 27.7 Å². The molecule has 0 bridgehead atoms. The van der Waals surface area contributed by atoms with E-state index < -0.39 is 5.97 Å². The molecule has 0 radical (unpaired) electrons. The number of rotatable bonds is 4. The van der Waals surface area contributed by atoms with Gasteiger partial charge in [-0.3, -0.25) is 9.59 Å². The molecule has 2 heterocycles. The monoisotopic (exact) mass is 385 g/mol. The fraction of sp³-hybridized carbons (Fsp3) is 0.263. The highest BCUT2D eigenvalue weighted by molar-refractivity contribution is 7.09. The van der Waals surface area contributed by atoms with Gasteiger partial charge in [-0.25, -0.2) is 9.67 Å². The fourth-order valence-corrected chi connectivity index (χ4v) is 3.36. The zero-order valence-corrected chi connectivity index (χ0v) is 16.5. The van der Waals surface area contributed by atoms with Gasteiger partial charge >= 0.3 is 5.97 Å². The zero-order chi connectivity index (χ0) is 19.7.